The molecule has 0 bridgehead atoms. The molecule has 3 nitrogen and oxygen atoms in total. The SMILES string of the molecule is CCSc1ccc(-c2ncc([C@@H](C)O)c(C)n2)cc1. The number of nitrogens with zero attached hydrogens (tertiary/aromatic N) is 2. The van der Waals surface area contributed by atoms with Gasteiger partial charge in [0.2, 0.25) is 0 Å². The third kappa shape index (κ3) is 3.33. The van der Waals surface area contributed by atoms with Crippen LogP contribution in [0.15, 0.2) is 35.4 Å². The van der Waals surface area contributed by atoms with Gasteiger partial charge in [-0.05, 0) is 31.7 Å². The van der Waals surface area contributed by atoms with Crippen LogP contribution in [0.4, 0.5) is 0 Å². The maximum absolute atomic E-state index is 9.58. The first-order valence-corrected chi connectivity index (χ1v) is 7.35. The van der Waals surface area contributed by atoms with Crippen molar-refractivity contribution in [2.75, 3.05) is 5.75 Å². The maximum Gasteiger partial charge on any atom is 0.159 e. The second-order valence-electron chi connectivity index (χ2n) is 4.37. The van der Waals surface area contributed by atoms with E-state index >= 15 is 0 Å². The highest BCUT2D eigenvalue weighted by Crippen LogP contribution is 2.23. The maximum atomic E-state index is 9.58. The molecule has 2 aromatic rings. The molecule has 1 N–H and O–H groups in total. The third-order valence-electron chi connectivity index (χ3n) is 2.89. The highest BCUT2D eigenvalue weighted by Gasteiger charge is 2.09. The van der Waals surface area contributed by atoms with Crippen LogP contribution in [0.3, 0.4) is 0 Å². The van der Waals surface area contributed by atoms with Crippen LogP contribution < -0.4 is 0 Å². The summed E-state index contributed by atoms with van der Waals surface area (Å²) in [5, 5.41) is 9.58. The fourth-order valence-corrected chi connectivity index (χ4v) is 2.55. The van der Waals surface area contributed by atoms with Gasteiger partial charge in [0.15, 0.2) is 5.82 Å². The van der Waals surface area contributed by atoms with Gasteiger partial charge in [-0.3, -0.25) is 0 Å². The summed E-state index contributed by atoms with van der Waals surface area (Å²) in [4.78, 5) is 10.0. The summed E-state index contributed by atoms with van der Waals surface area (Å²) in [6.45, 7) is 5.76. The second-order valence-corrected chi connectivity index (χ2v) is 5.71. The van der Waals surface area contributed by atoms with Gasteiger partial charge >= 0.3 is 0 Å². The number of thioether (sulfide) groups is 1. The standard InChI is InChI=1S/C15H18N2OS/c1-4-19-13-7-5-12(6-8-13)15-16-9-14(11(3)18)10(2)17-15/h5-9,11,18H,4H2,1-3H3/t11-/m1/s1. The molecular formula is C15H18N2OS. The molecule has 0 unspecified atom stereocenters. The van der Waals surface area contributed by atoms with Gasteiger partial charge in [0.1, 0.15) is 0 Å². The fraction of sp³-hybridized carbons (Fsp3) is 0.333. The number of aryl methyl sites for hydroxylation is 1. The van der Waals surface area contributed by atoms with Gasteiger partial charge in [-0.1, -0.05) is 19.1 Å². The Bertz CT molecular complexity index is 553. The van der Waals surface area contributed by atoms with Crippen molar-refractivity contribution < 1.29 is 5.11 Å². The molecule has 0 saturated carbocycles. The van der Waals surface area contributed by atoms with E-state index in [0.717, 1.165) is 22.6 Å². The molecule has 0 fully saturated rings. The Balaban J connectivity index is 2.29. The number of hydrogen-bond acceptors (Lipinski definition) is 4. The van der Waals surface area contributed by atoms with Crippen LogP contribution in [-0.2, 0) is 0 Å². The Kier molecular flexibility index (Phi) is 4.56. The van der Waals surface area contributed by atoms with Crippen LogP contribution in [-0.4, -0.2) is 20.8 Å². The lowest BCUT2D eigenvalue weighted by molar-refractivity contribution is 0.197. The van der Waals surface area contributed by atoms with Crippen molar-refractivity contribution in [3.8, 4) is 11.4 Å². The minimum Gasteiger partial charge on any atom is -0.389 e. The number of aliphatic hydroxyl groups is 1. The summed E-state index contributed by atoms with van der Waals surface area (Å²) in [6, 6.07) is 8.25. The van der Waals surface area contributed by atoms with Crippen molar-refractivity contribution >= 4 is 11.8 Å². The van der Waals surface area contributed by atoms with E-state index < -0.39 is 6.10 Å². The average molecular weight is 274 g/mol. The molecule has 1 atom stereocenters. The van der Waals surface area contributed by atoms with Crippen LogP contribution in [0.2, 0.25) is 0 Å². The molecule has 0 aliphatic rings. The van der Waals surface area contributed by atoms with E-state index in [9.17, 15) is 5.11 Å². The topological polar surface area (TPSA) is 46.0 Å². The number of hydrogen-bond donors (Lipinski definition) is 1. The molecule has 0 aliphatic heterocycles. The Morgan fingerprint density at radius 1 is 1.26 bits per heavy atom. The highest BCUT2D eigenvalue weighted by atomic mass is 32.2. The smallest absolute Gasteiger partial charge is 0.159 e. The molecule has 1 heterocycles. The molecule has 0 radical (unpaired) electrons. The lowest BCUT2D eigenvalue weighted by atomic mass is 10.1. The van der Waals surface area contributed by atoms with Crippen molar-refractivity contribution in [1.29, 1.82) is 0 Å². The summed E-state index contributed by atoms with van der Waals surface area (Å²) in [5.41, 5.74) is 2.61. The van der Waals surface area contributed by atoms with E-state index in [1.54, 1.807) is 13.1 Å². The Labute approximate surface area is 118 Å². The molecule has 0 spiro atoms. The van der Waals surface area contributed by atoms with Gasteiger partial charge in [-0.25, -0.2) is 9.97 Å². The summed E-state index contributed by atoms with van der Waals surface area (Å²) in [6.07, 6.45) is 1.18. The molecule has 1 aromatic heterocycles. The van der Waals surface area contributed by atoms with Gasteiger partial charge in [-0.2, -0.15) is 0 Å². The van der Waals surface area contributed by atoms with E-state index in [1.807, 2.05) is 30.8 Å². The van der Waals surface area contributed by atoms with E-state index in [0.29, 0.717) is 5.82 Å². The predicted octanol–water partition coefficient (Wildman–Crippen LogP) is 3.62. The van der Waals surface area contributed by atoms with Crippen molar-refractivity contribution in [3.05, 3.63) is 41.7 Å². The average Bonchev–Trinajstić information content (AvgIpc) is 2.39. The molecule has 100 valence electrons. The Hall–Kier alpha value is -1.39. The van der Waals surface area contributed by atoms with Crippen LogP contribution in [0.1, 0.15) is 31.2 Å². The zero-order valence-electron chi connectivity index (χ0n) is 11.4. The molecule has 0 amide bonds. The molecule has 19 heavy (non-hydrogen) atoms. The highest BCUT2D eigenvalue weighted by molar-refractivity contribution is 7.99. The molecule has 2 rings (SSSR count). The van der Waals surface area contributed by atoms with Gasteiger partial charge in [0, 0.05) is 27.9 Å². The quantitative estimate of drug-likeness (QED) is 0.865. The summed E-state index contributed by atoms with van der Waals surface area (Å²) < 4.78 is 0. The summed E-state index contributed by atoms with van der Waals surface area (Å²) >= 11 is 1.81. The summed E-state index contributed by atoms with van der Waals surface area (Å²) in [5.74, 6) is 1.77. The third-order valence-corrected chi connectivity index (χ3v) is 3.79. The monoisotopic (exact) mass is 274 g/mol. The first-order chi connectivity index (χ1) is 9.11. The largest absolute Gasteiger partial charge is 0.389 e. The van der Waals surface area contributed by atoms with Gasteiger partial charge in [0.25, 0.3) is 0 Å². The lowest BCUT2D eigenvalue weighted by Crippen LogP contribution is -2.01. The predicted molar refractivity (Wildman–Crippen MR) is 79.2 cm³/mol. The normalized spacial score (nSPS) is 12.4. The van der Waals surface area contributed by atoms with Crippen molar-refractivity contribution in [2.24, 2.45) is 0 Å². The zero-order chi connectivity index (χ0) is 13.8. The van der Waals surface area contributed by atoms with E-state index in [4.69, 9.17) is 0 Å². The summed E-state index contributed by atoms with van der Waals surface area (Å²) in [7, 11) is 0. The van der Waals surface area contributed by atoms with Crippen molar-refractivity contribution in [3.63, 3.8) is 0 Å². The van der Waals surface area contributed by atoms with Crippen LogP contribution in [0, 0.1) is 6.92 Å². The Morgan fingerprint density at radius 2 is 1.95 bits per heavy atom. The number of benzene rings is 1. The van der Waals surface area contributed by atoms with Crippen LogP contribution in [0.25, 0.3) is 11.4 Å². The first kappa shape index (κ1) is 14.0. The minimum atomic E-state index is -0.530. The second kappa shape index (κ2) is 6.17. The van der Waals surface area contributed by atoms with Crippen molar-refractivity contribution in [2.45, 2.75) is 31.8 Å². The lowest BCUT2D eigenvalue weighted by Gasteiger charge is -2.09. The van der Waals surface area contributed by atoms with Gasteiger partial charge in [-0.15, -0.1) is 11.8 Å². The van der Waals surface area contributed by atoms with Gasteiger partial charge in [0.05, 0.1) is 6.10 Å². The number of rotatable bonds is 4. The number of aliphatic hydroxyl groups excluding tert-OH is 1. The van der Waals surface area contributed by atoms with E-state index in [2.05, 4.69) is 29.0 Å². The van der Waals surface area contributed by atoms with E-state index in [-0.39, 0.29) is 0 Å². The van der Waals surface area contributed by atoms with Crippen LogP contribution in [0.5, 0.6) is 0 Å². The zero-order valence-corrected chi connectivity index (χ0v) is 12.2. The number of aromatic nitrogens is 2. The molecule has 0 saturated heterocycles. The first-order valence-electron chi connectivity index (χ1n) is 6.36. The van der Waals surface area contributed by atoms with Crippen molar-refractivity contribution in [1.82, 2.24) is 9.97 Å². The fourth-order valence-electron chi connectivity index (χ4n) is 1.89. The van der Waals surface area contributed by atoms with Crippen LogP contribution >= 0.6 is 11.8 Å². The molecule has 0 aliphatic carbocycles. The molecular weight excluding hydrogens is 256 g/mol. The minimum absolute atomic E-state index is 0.530. The Morgan fingerprint density at radius 3 is 2.47 bits per heavy atom. The molecule has 4 heteroatoms. The molecule has 1 aromatic carbocycles. The van der Waals surface area contributed by atoms with Gasteiger partial charge < -0.3 is 5.11 Å². The van der Waals surface area contributed by atoms with E-state index in [1.165, 1.54) is 4.90 Å².